The van der Waals surface area contributed by atoms with E-state index < -0.39 is 0 Å². The molecule has 2 rings (SSSR count). The van der Waals surface area contributed by atoms with Gasteiger partial charge in [0, 0.05) is 0 Å². The summed E-state index contributed by atoms with van der Waals surface area (Å²) in [6.07, 6.45) is 0. The van der Waals surface area contributed by atoms with E-state index in [0.29, 0.717) is 11.0 Å². The first-order valence-corrected chi connectivity index (χ1v) is 6.03. The van der Waals surface area contributed by atoms with Crippen molar-refractivity contribution in [2.24, 2.45) is 0 Å². The molecule has 0 N–H and O–H groups in total. The van der Waals surface area contributed by atoms with Crippen molar-refractivity contribution in [2.75, 3.05) is 0 Å². The molecule has 0 spiro atoms. The second kappa shape index (κ2) is 4.56. The third kappa shape index (κ3) is 2.97. The van der Waals surface area contributed by atoms with Gasteiger partial charge in [-0.3, -0.25) is 0 Å². The van der Waals surface area contributed by atoms with E-state index in [-0.39, 0.29) is 10.6 Å². The molecule has 5 nitrogen and oxygen atoms in total. The van der Waals surface area contributed by atoms with Gasteiger partial charge in [-0.25, -0.2) is 4.98 Å². The van der Waals surface area contributed by atoms with Gasteiger partial charge in [-0.1, -0.05) is 0 Å². The summed E-state index contributed by atoms with van der Waals surface area (Å²) in [6.45, 7) is 1.81. The Morgan fingerprint density at radius 2 is 1.73 bits per heavy atom. The van der Waals surface area contributed by atoms with Crippen LogP contribution in [0.25, 0.3) is 0 Å². The molecule has 0 saturated heterocycles. The average molecular weight is 280 g/mol. The average Bonchev–Trinajstić information content (AvgIpc) is 2.49. The smallest absolute Gasteiger partial charge is 0.213 e. The number of aryl methyl sites for hydroxylation is 1. The SMILES string of the molecule is Cc1nsc(Sc2nc(Cl)nc(Cl)n2)n1. The van der Waals surface area contributed by atoms with Crippen LogP contribution in [-0.4, -0.2) is 24.3 Å². The van der Waals surface area contributed by atoms with Crippen LogP contribution < -0.4 is 0 Å². The molecule has 0 aromatic carbocycles. The van der Waals surface area contributed by atoms with Crippen molar-refractivity contribution >= 4 is 46.5 Å². The minimum absolute atomic E-state index is 0.0683. The topological polar surface area (TPSA) is 64.5 Å². The number of hydrogen-bond donors (Lipinski definition) is 0. The number of hydrogen-bond acceptors (Lipinski definition) is 7. The quantitative estimate of drug-likeness (QED) is 0.842. The zero-order valence-electron chi connectivity index (χ0n) is 7.31. The fourth-order valence-corrected chi connectivity index (χ4v) is 2.72. The van der Waals surface area contributed by atoms with Crippen molar-refractivity contribution in [1.29, 1.82) is 0 Å². The van der Waals surface area contributed by atoms with Crippen LogP contribution in [-0.2, 0) is 0 Å². The van der Waals surface area contributed by atoms with E-state index >= 15 is 0 Å². The summed E-state index contributed by atoms with van der Waals surface area (Å²) in [5.74, 6) is 0.716. The van der Waals surface area contributed by atoms with Crippen LogP contribution >= 0.6 is 46.5 Å². The Morgan fingerprint density at radius 3 is 2.27 bits per heavy atom. The van der Waals surface area contributed by atoms with Crippen molar-refractivity contribution in [2.45, 2.75) is 16.4 Å². The molecule has 0 unspecified atom stereocenters. The molecular formula is C6H3Cl2N5S2. The fraction of sp³-hybridized carbons (Fsp3) is 0.167. The van der Waals surface area contributed by atoms with Gasteiger partial charge in [0.1, 0.15) is 5.82 Å². The van der Waals surface area contributed by atoms with Gasteiger partial charge < -0.3 is 0 Å². The van der Waals surface area contributed by atoms with Crippen molar-refractivity contribution in [3.05, 3.63) is 16.4 Å². The molecule has 0 fully saturated rings. The Bertz CT molecular complexity index is 468. The Labute approximate surface area is 103 Å². The lowest BCUT2D eigenvalue weighted by molar-refractivity contribution is 0.902. The molecule has 0 bridgehead atoms. The van der Waals surface area contributed by atoms with Crippen LogP contribution in [0, 0.1) is 6.92 Å². The van der Waals surface area contributed by atoms with Crippen LogP contribution in [0.2, 0.25) is 10.6 Å². The first kappa shape index (κ1) is 11.0. The van der Waals surface area contributed by atoms with Crippen LogP contribution in [0.5, 0.6) is 0 Å². The maximum atomic E-state index is 5.63. The molecule has 0 amide bonds. The van der Waals surface area contributed by atoms with E-state index in [4.69, 9.17) is 23.2 Å². The van der Waals surface area contributed by atoms with Crippen LogP contribution in [0.3, 0.4) is 0 Å². The Morgan fingerprint density at radius 1 is 1.07 bits per heavy atom. The minimum atomic E-state index is 0.0683. The van der Waals surface area contributed by atoms with Gasteiger partial charge in [0.25, 0.3) is 0 Å². The van der Waals surface area contributed by atoms with Crippen LogP contribution in [0.1, 0.15) is 5.82 Å². The lowest BCUT2D eigenvalue weighted by atomic mass is 10.8. The monoisotopic (exact) mass is 279 g/mol. The molecule has 2 aromatic heterocycles. The van der Waals surface area contributed by atoms with Crippen molar-refractivity contribution in [3.63, 3.8) is 0 Å². The highest BCUT2D eigenvalue weighted by Crippen LogP contribution is 2.26. The molecule has 2 aromatic rings. The van der Waals surface area contributed by atoms with E-state index in [1.807, 2.05) is 6.92 Å². The Hall–Kier alpha value is -0.500. The van der Waals surface area contributed by atoms with Gasteiger partial charge in [-0.05, 0) is 53.4 Å². The summed E-state index contributed by atoms with van der Waals surface area (Å²) in [5, 5.41) is 0.550. The molecule has 0 aliphatic heterocycles. The summed E-state index contributed by atoms with van der Waals surface area (Å²) in [7, 11) is 0. The number of aromatic nitrogens is 5. The molecule has 2 heterocycles. The third-order valence-corrected chi connectivity index (χ3v) is 3.29. The van der Waals surface area contributed by atoms with Crippen molar-refractivity contribution in [1.82, 2.24) is 24.3 Å². The summed E-state index contributed by atoms with van der Waals surface area (Å²) in [6, 6.07) is 0. The third-order valence-electron chi connectivity index (χ3n) is 1.25. The standard InChI is InChI=1S/C6H3Cl2N5S2/c1-2-9-6(15-13-2)14-5-11-3(7)10-4(8)12-5/h1H3. The lowest BCUT2D eigenvalue weighted by Gasteiger charge is -1.95. The van der Waals surface area contributed by atoms with Gasteiger partial charge in [-0.15, -0.1) is 0 Å². The highest BCUT2D eigenvalue weighted by atomic mass is 35.5. The maximum Gasteiger partial charge on any atom is 0.227 e. The van der Waals surface area contributed by atoms with Gasteiger partial charge in [0.05, 0.1) is 0 Å². The molecule has 0 radical (unpaired) electrons. The number of halogens is 2. The Kier molecular flexibility index (Phi) is 3.35. The van der Waals surface area contributed by atoms with E-state index in [0.717, 1.165) is 4.34 Å². The van der Waals surface area contributed by atoms with Crippen LogP contribution in [0.15, 0.2) is 9.50 Å². The van der Waals surface area contributed by atoms with Gasteiger partial charge in [0.15, 0.2) is 9.50 Å². The first-order valence-electron chi connectivity index (χ1n) is 3.69. The molecule has 0 aliphatic rings. The largest absolute Gasteiger partial charge is 0.227 e. The zero-order valence-corrected chi connectivity index (χ0v) is 10.5. The maximum absolute atomic E-state index is 5.63. The van der Waals surface area contributed by atoms with E-state index in [2.05, 4.69) is 24.3 Å². The van der Waals surface area contributed by atoms with Gasteiger partial charge in [-0.2, -0.15) is 19.3 Å². The molecule has 15 heavy (non-hydrogen) atoms. The highest BCUT2D eigenvalue weighted by molar-refractivity contribution is 8.00. The Balaban J connectivity index is 2.24. The summed E-state index contributed by atoms with van der Waals surface area (Å²) >= 11 is 13.8. The molecule has 9 heteroatoms. The van der Waals surface area contributed by atoms with Crippen molar-refractivity contribution < 1.29 is 0 Å². The van der Waals surface area contributed by atoms with E-state index in [9.17, 15) is 0 Å². The zero-order chi connectivity index (χ0) is 10.8. The summed E-state index contributed by atoms with van der Waals surface area (Å²) in [5.41, 5.74) is 0. The molecular weight excluding hydrogens is 277 g/mol. The predicted molar refractivity (Wildman–Crippen MR) is 58.6 cm³/mol. The minimum Gasteiger partial charge on any atom is -0.213 e. The summed E-state index contributed by atoms with van der Waals surface area (Å²) in [4.78, 5) is 15.6. The fourth-order valence-electron chi connectivity index (χ4n) is 0.752. The second-order valence-corrected chi connectivity index (χ2v) is 5.01. The molecule has 0 aliphatic carbocycles. The molecule has 78 valence electrons. The molecule has 0 atom stereocenters. The van der Waals surface area contributed by atoms with E-state index in [1.54, 1.807) is 0 Å². The van der Waals surface area contributed by atoms with Gasteiger partial charge >= 0.3 is 0 Å². The number of nitrogens with zero attached hydrogens (tertiary/aromatic N) is 5. The van der Waals surface area contributed by atoms with Gasteiger partial charge in [0.2, 0.25) is 10.6 Å². The van der Waals surface area contributed by atoms with Crippen LogP contribution in [0.4, 0.5) is 0 Å². The second-order valence-electron chi connectivity index (χ2n) is 2.37. The molecule has 0 saturated carbocycles. The normalized spacial score (nSPS) is 10.6. The number of rotatable bonds is 2. The predicted octanol–water partition coefficient (Wildman–Crippen LogP) is 2.49. The van der Waals surface area contributed by atoms with E-state index in [1.165, 1.54) is 23.3 Å². The lowest BCUT2D eigenvalue weighted by Crippen LogP contribution is -1.91. The first-order chi connectivity index (χ1) is 7.13. The summed E-state index contributed by atoms with van der Waals surface area (Å²) < 4.78 is 4.77. The highest BCUT2D eigenvalue weighted by Gasteiger charge is 2.08. The van der Waals surface area contributed by atoms with Crippen molar-refractivity contribution in [3.8, 4) is 0 Å².